The van der Waals surface area contributed by atoms with Gasteiger partial charge in [0.05, 0.1) is 12.7 Å². The molecule has 1 aromatic carbocycles. The summed E-state index contributed by atoms with van der Waals surface area (Å²) in [7, 11) is 1.56. The first kappa shape index (κ1) is 14.5. The van der Waals surface area contributed by atoms with E-state index in [-0.39, 0.29) is 5.91 Å². The van der Waals surface area contributed by atoms with Crippen LogP contribution in [0.25, 0.3) is 0 Å². The largest absolute Gasteiger partial charge is 0.496 e. The molecule has 104 valence electrons. The van der Waals surface area contributed by atoms with Gasteiger partial charge in [0.15, 0.2) is 0 Å². The Labute approximate surface area is 123 Å². The molecule has 19 heavy (non-hydrogen) atoms. The minimum atomic E-state index is -0.0172. The molecule has 1 amide bonds. The van der Waals surface area contributed by atoms with Gasteiger partial charge in [0.2, 0.25) is 0 Å². The summed E-state index contributed by atoms with van der Waals surface area (Å²) < 4.78 is 5.23. The zero-order chi connectivity index (χ0) is 13.8. The van der Waals surface area contributed by atoms with Gasteiger partial charge in [-0.1, -0.05) is 11.6 Å². The van der Waals surface area contributed by atoms with Gasteiger partial charge in [0.25, 0.3) is 5.91 Å². The molecule has 1 fully saturated rings. The first-order valence-electron chi connectivity index (χ1n) is 6.34. The second kappa shape index (κ2) is 6.49. The molecule has 0 saturated carbocycles. The molecule has 0 aliphatic carbocycles. The summed E-state index contributed by atoms with van der Waals surface area (Å²) in [6, 6.07) is 5.11. The second-order valence-electron chi connectivity index (χ2n) is 4.73. The molecule has 1 unspecified atom stereocenters. The highest BCUT2D eigenvalue weighted by atomic mass is 35.5. The number of hydrogen-bond donors (Lipinski definition) is 0. The standard InChI is InChI=1S/C14H17Cl2NO2/c1-19-13-3-2-11(16)8-12(13)14(18)17-7-5-10(9-17)4-6-15/h2-3,8,10H,4-7,9H2,1H3. The first-order chi connectivity index (χ1) is 9.15. The Morgan fingerprint density at radius 3 is 3.00 bits per heavy atom. The molecule has 1 heterocycles. The fraction of sp³-hybridized carbons (Fsp3) is 0.500. The minimum Gasteiger partial charge on any atom is -0.496 e. The normalized spacial score (nSPS) is 18.7. The highest BCUT2D eigenvalue weighted by Gasteiger charge is 2.28. The van der Waals surface area contributed by atoms with Gasteiger partial charge in [0.1, 0.15) is 5.75 Å². The van der Waals surface area contributed by atoms with Crippen molar-refractivity contribution in [1.29, 1.82) is 0 Å². The van der Waals surface area contributed by atoms with E-state index in [1.807, 2.05) is 4.90 Å². The molecule has 1 aliphatic rings. The summed E-state index contributed by atoms with van der Waals surface area (Å²) in [6.45, 7) is 1.54. The third-order valence-electron chi connectivity index (χ3n) is 3.48. The Kier molecular flexibility index (Phi) is 4.94. The van der Waals surface area contributed by atoms with E-state index in [4.69, 9.17) is 27.9 Å². The van der Waals surface area contributed by atoms with Crippen LogP contribution in [-0.4, -0.2) is 36.9 Å². The van der Waals surface area contributed by atoms with Gasteiger partial charge in [-0.05, 0) is 37.0 Å². The molecule has 0 spiro atoms. The minimum absolute atomic E-state index is 0.0172. The van der Waals surface area contributed by atoms with Crippen molar-refractivity contribution in [3.05, 3.63) is 28.8 Å². The van der Waals surface area contributed by atoms with Gasteiger partial charge >= 0.3 is 0 Å². The van der Waals surface area contributed by atoms with Crippen LogP contribution in [0.15, 0.2) is 18.2 Å². The lowest BCUT2D eigenvalue weighted by atomic mass is 10.1. The zero-order valence-corrected chi connectivity index (χ0v) is 12.4. The first-order valence-corrected chi connectivity index (χ1v) is 7.25. The maximum atomic E-state index is 12.5. The van der Waals surface area contributed by atoms with Crippen molar-refractivity contribution in [2.24, 2.45) is 5.92 Å². The van der Waals surface area contributed by atoms with Crippen molar-refractivity contribution in [3.8, 4) is 5.75 Å². The summed E-state index contributed by atoms with van der Waals surface area (Å²) in [5, 5.41) is 0.542. The summed E-state index contributed by atoms with van der Waals surface area (Å²) in [4.78, 5) is 14.3. The Hall–Kier alpha value is -0.930. The zero-order valence-electron chi connectivity index (χ0n) is 10.9. The number of carbonyl (C=O) groups excluding carboxylic acids is 1. The fourth-order valence-electron chi connectivity index (χ4n) is 2.42. The molecule has 5 heteroatoms. The smallest absolute Gasteiger partial charge is 0.257 e. The van der Waals surface area contributed by atoms with Crippen LogP contribution in [0.2, 0.25) is 5.02 Å². The van der Waals surface area contributed by atoms with Crippen LogP contribution in [0.5, 0.6) is 5.75 Å². The molecule has 0 bridgehead atoms. The van der Waals surface area contributed by atoms with Crippen LogP contribution < -0.4 is 4.74 Å². The highest BCUT2D eigenvalue weighted by Crippen LogP contribution is 2.27. The maximum absolute atomic E-state index is 12.5. The molecule has 1 atom stereocenters. The third kappa shape index (κ3) is 3.34. The van der Waals surface area contributed by atoms with Crippen molar-refractivity contribution in [2.45, 2.75) is 12.8 Å². The van der Waals surface area contributed by atoms with Gasteiger partial charge in [-0.2, -0.15) is 0 Å². The van der Waals surface area contributed by atoms with Gasteiger partial charge < -0.3 is 9.64 Å². The number of ether oxygens (including phenoxy) is 1. The van der Waals surface area contributed by atoms with Crippen LogP contribution in [0.3, 0.4) is 0 Å². The van der Waals surface area contributed by atoms with E-state index in [2.05, 4.69) is 0 Å². The lowest BCUT2D eigenvalue weighted by Gasteiger charge is -2.18. The number of rotatable bonds is 4. The van der Waals surface area contributed by atoms with E-state index >= 15 is 0 Å². The van der Waals surface area contributed by atoms with Gasteiger partial charge in [0, 0.05) is 24.0 Å². The van der Waals surface area contributed by atoms with Crippen LogP contribution >= 0.6 is 23.2 Å². The molecular formula is C14H17Cl2NO2. The molecule has 1 aromatic rings. The lowest BCUT2D eigenvalue weighted by Crippen LogP contribution is -2.29. The van der Waals surface area contributed by atoms with E-state index in [1.54, 1.807) is 25.3 Å². The van der Waals surface area contributed by atoms with Gasteiger partial charge in [-0.25, -0.2) is 0 Å². The molecule has 2 rings (SSSR count). The molecule has 3 nitrogen and oxygen atoms in total. The Bertz CT molecular complexity index is 465. The number of hydrogen-bond acceptors (Lipinski definition) is 2. The number of alkyl halides is 1. The van der Waals surface area contributed by atoms with E-state index < -0.39 is 0 Å². The number of likely N-dealkylation sites (tertiary alicyclic amines) is 1. The van der Waals surface area contributed by atoms with Crippen LogP contribution in [-0.2, 0) is 0 Å². The summed E-state index contributed by atoms with van der Waals surface area (Å²) >= 11 is 11.7. The number of methoxy groups -OCH3 is 1. The number of nitrogens with zero attached hydrogens (tertiary/aromatic N) is 1. The molecule has 0 radical (unpaired) electrons. The van der Waals surface area contributed by atoms with E-state index in [1.165, 1.54) is 0 Å². The number of benzene rings is 1. The van der Waals surface area contributed by atoms with E-state index in [0.717, 1.165) is 25.9 Å². The molecule has 0 N–H and O–H groups in total. The average molecular weight is 302 g/mol. The monoisotopic (exact) mass is 301 g/mol. The Morgan fingerprint density at radius 1 is 1.53 bits per heavy atom. The molecule has 0 aromatic heterocycles. The predicted octanol–water partition coefficient (Wildman–Crippen LogP) is 3.44. The molecule has 1 saturated heterocycles. The van der Waals surface area contributed by atoms with Crippen molar-refractivity contribution >= 4 is 29.1 Å². The van der Waals surface area contributed by atoms with Crippen LogP contribution in [0.4, 0.5) is 0 Å². The van der Waals surface area contributed by atoms with Crippen molar-refractivity contribution in [2.75, 3.05) is 26.1 Å². The van der Waals surface area contributed by atoms with E-state index in [0.29, 0.717) is 28.1 Å². The highest BCUT2D eigenvalue weighted by molar-refractivity contribution is 6.31. The fourth-order valence-corrected chi connectivity index (χ4v) is 2.91. The van der Waals surface area contributed by atoms with Gasteiger partial charge in [-0.15, -0.1) is 11.6 Å². The van der Waals surface area contributed by atoms with E-state index in [9.17, 15) is 4.79 Å². The number of amides is 1. The number of carbonyl (C=O) groups is 1. The summed E-state index contributed by atoms with van der Waals surface area (Å²) in [5.41, 5.74) is 0.529. The maximum Gasteiger partial charge on any atom is 0.257 e. The molecule has 1 aliphatic heterocycles. The van der Waals surface area contributed by atoms with Crippen molar-refractivity contribution in [1.82, 2.24) is 4.90 Å². The predicted molar refractivity (Wildman–Crippen MR) is 77.4 cm³/mol. The van der Waals surface area contributed by atoms with Crippen molar-refractivity contribution in [3.63, 3.8) is 0 Å². The molecular weight excluding hydrogens is 285 g/mol. The summed E-state index contributed by atoms with van der Waals surface area (Å²) in [6.07, 6.45) is 1.97. The number of halogens is 2. The third-order valence-corrected chi connectivity index (χ3v) is 3.94. The SMILES string of the molecule is COc1ccc(Cl)cc1C(=O)N1CCC(CCCl)C1. The topological polar surface area (TPSA) is 29.5 Å². The van der Waals surface area contributed by atoms with Crippen molar-refractivity contribution < 1.29 is 9.53 Å². The summed E-state index contributed by atoms with van der Waals surface area (Å²) in [5.74, 6) is 1.70. The lowest BCUT2D eigenvalue weighted by molar-refractivity contribution is 0.0783. The second-order valence-corrected chi connectivity index (χ2v) is 5.54. The van der Waals surface area contributed by atoms with Gasteiger partial charge in [-0.3, -0.25) is 4.79 Å². The average Bonchev–Trinajstić information content (AvgIpc) is 2.87. The van der Waals surface area contributed by atoms with Crippen LogP contribution in [0.1, 0.15) is 23.2 Å². The quantitative estimate of drug-likeness (QED) is 0.797. The van der Waals surface area contributed by atoms with Crippen LogP contribution in [0, 0.1) is 5.92 Å². The Morgan fingerprint density at radius 2 is 2.32 bits per heavy atom. The Balaban J connectivity index is 2.14.